The molecular weight excluding hydrogens is 1390 g/mol. The largest absolute Gasteiger partial charge is 0.744 e. The van der Waals surface area contributed by atoms with Crippen LogP contribution in [0.15, 0.2) is 127 Å². The van der Waals surface area contributed by atoms with Crippen molar-refractivity contribution in [3.8, 4) is 44.9 Å². The Morgan fingerprint density at radius 1 is 0.480 bits per heavy atom. The topological polar surface area (TPSA) is 495 Å². The molecule has 4 aromatic rings. The summed E-state index contributed by atoms with van der Waals surface area (Å²) in [4.78, 5) is 66.7. The highest BCUT2D eigenvalue weighted by molar-refractivity contribution is 7.89. The van der Waals surface area contributed by atoms with Gasteiger partial charge in [-0.25, -0.2) is 34.8 Å². The van der Waals surface area contributed by atoms with Crippen molar-refractivity contribution in [2.24, 2.45) is 0 Å². The van der Waals surface area contributed by atoms with Gasteiger partial charge in [0.1, 0.15) is 25.5 Å². The lowest BCUT2D eigenvalue weighted by atomic mass is 9.90. The number of rotatable bonds is 33. The Hall–Kier alpha value is -9.99. The summed E-state index contributed by atoms with van der Waals surface area (Å²) in [6, 6.07) is 24.3. The highest BCUT2D eigenvalue weighted by atomic mass is 32.2. The van der Waals surface area contributed by atoms with Gasteiger partial charge in [-0.1, -0.05) is 102 Å². The molecule has 0 spiro atoms. The molecule has 29 nitrogen and oxygen atoms in total. The summed E-state index contributed by atoms with van der Waals surface area (Å²) in [5.74, 6) is -6.27. The van der Waals surface area contributed by atoms with Gasteiger partial charge in [-0.05, 0) is 124 Å². The number of aliphatic carboxylic acids is 2. The summed E-state index contributed by atoms with van der Waals surface area (Å²) < 4.78 is 119. The van der Waals surface area contributed by atoms with E-state index in [0.29, 0.717) is 87.4 Å². The molecule has 2 aliphatic carbocycles. The van der Waals surface area contributed by atoms with E-state index in [1.54, 1.807) is 30.3 Å². The van der Waals surface area contributed by atoms with E-state index >= 15 is 0 Å². The number of nitrogens with one attached hydrogen (secondary N) is 4. The molecule has 0 saturated carbocycles. The zero-order valence-electron chi connectivity index (χ0n) is 57.3. The highest BCUT2D eigenvalue weighted by Crippen LogP contribution is 2.47. The van der Waals surface area contributed by atoms with Gasteiger partial charge in [-0.15, -0.1) is 0 Å². The minimum Gasteiger partial charge on any atom is -0.744 e. The molecule has 552 valence electrons. The zero-order valence-corrected chi connectivity index (χ0v) is 59.8. The molecule has 0 fully saturated rings. The van der Waals surface area contributed by atoms with Crippen molar-refractivity contribution in [3.63, 3.8) is 0 Å². The molecule has 4 aromatic carbocycles. The number of nitrogen functional groups attached to an aromatic ring is 2. The summed E-state index contributed by atoms with van der Waals surface area (Å²) >= 11 is 0. The molecule has 8 rings (SSSR count). The fraction of sp³-hybridized carbons (Fsp3) is 0.371. The third-order valence-electron chi connectivity index (χ3n) is 15.8. The van der Waals surface area contributed by atoms with Crippen molar-refractivity contribution in [1.29, 1.82) is 10.8 Å². The van der Waals surface area contributed by atoms with Crippen LogP contribution in [0.4, 0.5) is 21.0 Å². The van der Waals surface area contributed by atoms with E-state index < -0.39 is 97.6 Å². The van der Waals surface area contributed by atoms with Gasteiger partial charge >= 0.3 is 12.2 Å². The van der Waals surface area contributed by atoms with Gasteiger partial charge in [0.05, 0.1) is 42.6 Å². The Bertz CT molecular complexity index is 4700. The average molecular weight is 1470 g/mol. The van der Waals surface area contributed by atoms with Crippen LogP contribution < -0.4 is 53.2 Å². The predicted octanol–water partition coefficient (Wildman–Crippen LogP) is 5.87. The second-order valence-electron chi connectivity index (χ2n) is 22.5. The lowest BCUT2D eigenvalue weighted by Crippen LogP contribution is -2.36. The van der Waals surface area contributed by atoms with Crippen LogP contribution in [0.5, 0.6) is 0 Å². The molecule has 2 amide bonds. The van der Waals surface area contributed by atoms with Crippen molar-refractivity contribution in [2.75, 3.05) is 65.0 Å². The number of amides is 2. The van der Waals surface area contributed by atoms with Crippen LogP contribution >= 0.6 is 0 Å². The standard InChI is InChI=1S/C33H38N4O12S2.C33H38N4O9S.2C2H6/c1-48-33(42)36-17-7-3-9-19-37(18-8-2-4-12-26(38)39)50(43,44)30-24(34)15-13-22-27(20-10-5-6-11-21(20)32(40)41)23-14-16-25(35)31(51(45,46)47)29(23)49-28(22)30;1-45-33(42)36-17-7-3-9-19-37(18-8-2-4-12-28(38)39)47(43,44)31-26(35)16-15-25-29(22-10-5-6-11-23(22)32(40)41)24-14-13-21(34)20-27(24)46-30(25)31;2*1-2/h5-6,10-11,13-16,35H,2-4,7-9,12,17-19,34H2,1H3,(H,36,42)(H,38,39)(H,40,41)(H,45,46,47);5-6,10-11,13-16,20,35H,2-4,7-9,12,17-19,34H2,1H3,(H,36,42)(H,38,39)(H,40,41);2*1-2H3/p-5. The monoisotopic (exact) mass is 1470 g/mol. The number of nitrogens with two attached hydrogens (primary N) is 2. The summed E-state index contributed by atoms with van der Waals surface area (Å²) in [5.41, 5.74) is 12.4. The summed E-state index contributed by atoms with van der Waals surface area (Å²) in [5, 5.41) is 67.6. The second-order valence-corrected chi connectivity index (χ2v) is 27.5. The molecule has 2 heterocycles. The highest BCUT2D eigenvalue weighted by Gasteiger charge is 2.36. The first-order chi connectivity index (χ1) is 48.5. The smallest absolute Gasteiger partial charge is 0.406 e. The first-order valence-electron chi connectivity index (χ1n) is 32.9. The molecule has 0 radical (unpaired) electrons. The maximum atomic E-state index is 14.6. The number of unbranched alkanes of at least 4 members (excludes halogenated alkanes) is 8. The number of carboxylic acid groups (broad SMARTS) is 4. The van der Waals surface area contributed by atoms with Gasteiger partial charge in [-0.2, -0.15) is 8.61 Å². The first-order valence-corrected chi connectivity index (χ1v) is 37.1. The number of aromatic carboxylic acids is 2. The molecule has 8 N–H and O–H groups in total. The molecule has 32 heteroatoms. The molecule has 0 atom stereocenters. The van der Waals surface area contributed by atoms with Crippen molar-refractivity contribution in [2.45, 2.75) is 132 Å². The first kappa shape index (κ1) is 82.7. The Kier molecular flexibility index (Phi) is 31.4. The molecule has 102 heavy (non-hydrogen) atoms. The van der Waals surface area contributed by atoms with E-state index in [4.69, 9.17) is 31.1 Å². The van der Waals surface area contributed by atoms with Crippen LogP contribution in [0.1, 0.15) is 138 Å². The number of nitrogens with zero attached hydrogens (tertiary/aromatic N) is 2. The van der Waals surface area contributed by atoms with Crippen LogP contribution in [0.2, 0.25) is 0 Å². The minimum atomic E-state index is -5.41. The van der Waals surface area contributed by atoms with Crippen LogP contribution in [0.25, 0.3) is 66.8 Å². The Balaban J connectivity index is 0.000000351. The SMILES string of the molecule is CC.CC.COC(=O)NCCCCCN(CCCCCC(=O)[O-])S(=O)(=O)c1c(N)ccc2c(-c3ccccc3C(=O)[O-])c3ccc(=N)c(S(=O)(=O)[O-])c-3oc12.COC(=O)NCCCCCN(CCCCCC(=O)[O-])S(=O)(=O)c1c2oc3cc(N)ccc3c(-c3ccccc3C(=O)[O-])c-2ccc1=N. The average Bonchev–Trinajstić information content (AvgIpc) is 0.728. The lowest BCUT2D eigenvalue weighted by molar-refractivity contribution is -0.307. The molecule has 0 bridgehead atoms. The normalized spacial score (nSPS) is 11.5. The van der Waals surface area contributed by atoms with Gasteiger partial charge < -0.3 is 84.6 Å². The fourth-order valence-electron chi connectivity index (χ4n) is 11.2. The molecule has 0 unspecified atom stereocenters. The molecular formula is C70H83N8O21S3-5. The number of methoxy groups -OCH3 is 2. The lowest BCUT2D eigenvalue weighted by Gasteiger charge is -2.25. The third kappa shape index (κ3) is 21.1. The number of hydrogen-bond acceptors (Lipinski definition) is 25. The zero-order chi connectivity index (χ0) is 75.6. The Morgan fingerprint density at radius 3 is 1.31 bits per heavy atom. The van der Waals surface area contributed by atoms with E-state index in [1.807, 2.05) is 27.7 Å². The number of alkyl carbamates (subject to hydrolysis) is 2. The fourth-order valence-corrected chi connectivity index (χ4v) is 15.4. The Morgan fingerprint density at radius 2 is 0.882 bits per heavy atom. The second kappa shape index (κ2) is 38.7. The number of sulfonamides is 2. The number of carbonyl (C=O) groups is 6. The Labute approximate surface area is 591 Å². The van der Waals surface area contributed by atoms with E-state index in [1.165, 1.54) is 85.3 Å². The van der Waals surface area contributed by atoms with Gasteiger partial charge in [0.2, 0.25) is 20.0 Å². The summed E-state index contributed by atoms with van der Waals surface area (Å²) in [6.45, 7) is 8.60. The van der Waals surface area contributed by atoms with Crippen molar-refractivity contribution >= 4 is 99.5 Å². The quantitative estimate of drug-likeness (QED) is 0.0121. The van der Waals surface area contributed by atoms with Crippen LogP contribution in [0.3, 0.4) is 0 Å². The number of carbonyl (C=O) groups excluding carboxylic acids is 6. The van der Waals surface area contributed by atoms with Gasteiger partial charge in [0, 0.05) is 107 Å². The van der Waals surface area contributed by atoms with Crippen molar-refractivity contribution < 1.29 is 97.3 Å². The number of carboxylic acids is 4. The minimum absolute atomic E-state index is 0.00116. The third-order valence-corrected chi connectivity index (χ3v) is 20.7. The molecule has 2 aliphatic heterocycles. The van der Waals surface area contributed by atoms with Crippen molar-refractivity contribution in [3.05, 3.63) is 125 Å². The van der Waals surface area contributed by atoms with E-state index in [0.717, 1.165) is 10.4 Å². The number of benzene rings is 6. The summed E-state index contributed by atoms with van der Waals surface area (Å²) in [6.07, 6.45) is 3.21. The number of anilines is 2. The maximum absolute atomic E-state index is 14.6. The maximum Gasteiger partial charge on any atom is 0.406 e. The summed E-state index contributed by atoms with van der Waals surface area (Å²) in [7, 11) is -12.0. The number of fused-ring (bicyclic) bond motifs is 4. The van der Waals surface area contributed by atoms with Crippen LogP contribution in [-0.2, 0) is 49.2 Å². The van der Waals surface area contributed by atoms with Crippen LogP contribution in [0, 0.1) is 10.8 Å². The predicted molar refractivity (Wildman–Crippen MR) is 369 cm³/mol. The van der Waals surface area contributed by atoms with Gasteiger partial charge in [-0.3, -0.25) is 10.8 Å². The van der Waals surface area contributed by atoms with E-state index in [2.05, 4.69) is 20.1 Å². The van der Waals surface area contributed by atoms with E-state index in [-0.39, 0.29) is 125 Å². The molecule has 4 aliphatic rings. The number of hydrogen-bond donors (Lipinski definition) is 6. The molecule has 0 saturated heterocycles. The van der Waals surface area contributed by atoms with Gasteiger partial charge in [0.25, 0.3) is 0 Å². The van der Waals surface area contributed by atoms with Crippen LogP contribution in [-0.4, -0.2) is 128 Å². The van der Waals surface area contributed by atoms with Gasteiger partial charge in [0.15, 0.2) is 22.0 Å². The van der Waals surface area contributed by atoms with Crippen molar-refractivity contribution in [1.82, 2.24) is 19.2 Å². The number of ether oxygens (including phenoxy) is 2. The van der Waals surface area contributed by atoms with E-state index in [9.17, 15) is 79.0 Å². The molecule has 0 aromatic heterocycles.